The summed E-state index contributed by atoms with van der Waals surface area (Å²) in [5.74, 6) is -1.72. The minimum absolute atomic E-state index is 0.0492. The summed E-state index contributed by atoms with van der Waals surface area (Å²) in [5, 5.41) is 4.86. The molecule has 0 spiro atoms. The van der Waals surface area contributed by atoms with Crippen LogP contribution in [0.25, 0.3) is 10.6 Å². The first kappa shape index (κ1) is 18.9. The van der Waals surface area contributed by atoms with Gasteiger partial charge >= 0.3 is 5.97 Å². The van der Waals surface area contributed by atoms with E-state index in [1.807, 2.05) is 6.07 Å². The van der Waals surface area contributed by atoms with Crippen molar-refractivity contribution in [2.75, 3.05) is 11.9 Å². The molecule has 1 amide bonds. The Morgan fingerprint density at radius 3 is 2.89 bits per heavy atom. The minimum Gasteiger partial charge on any atom is -0.455 e. The zero-order valence-electron chi connectivity index (χ0n) is 13.8. The Balaban J connectivity index is 1.49. The monoisotopic (exact) mass is 405 g/mol. The Morgan fingerprint density at radius 2 is 2.15 bits per heavy atom. The van der Waals surface area contributed by atoms with Crippen molar-refractivity contribution >= 4 is 40.5 Å². The number of amides is 1. The lowest BCUT2D eigenvalue weighted by Crippen LogP contribution is -2.21. The van der Waals surface area contributed by atoms with E-state index in [1.54, 1.807) is 23.8 Å². The van der Waals surface area contributed by atoms with Gasteiger partial charge in [-0.15, -0.1) is 11.3 Å². The van der Waals surface area contributed by atoms with E-state index in [0.717, 1.165) is 16.6 Å². The van der Waals surface area contributed by atoms with Gasteiger partial charge in [-0.25, -0.2) is 9.37 Å². The third-order valence-electron chi connectivity index (χ3n) is 3.35. The zero-order valence-corrected chi connectivity index (χ0v) is 15.4. The number of nitrogens with one attached hydrogen (secondary N) is 1. The molecule has 0 atom stereocenters. The van der Waals surface area contributed by atoms with Crippen molar-refractivity contribution in [2.24, 2.45) is 0 Å². The fourth-order valence-corrected chi connectivity index (χ4v) is 3.12. The topological polar surface area (TPSA) is 81.2 Å². The Kier molecular flexibility index (Phi) is 6.10. The predicted molar refractivity (Wildman–Crippen MR) is 100 cm³/mol. The van der Waals surface area contributed by atoms with Gasteiger partial charge in [0.15, 0.2) is 6.61 Å². The highest BCUT2D eigenvalue weighted by Crippen LogP contribution is 2.23. The molecule has 1 N–H and O–H groups in total. The van der Waals surface area contributed by atoms with Gasteiger partial charge in [-0.1, -0.05) is 11.6 Å². The summed E-state index contributed by atoms with van der Waals surface area (Å²) < 4.78 is 18.0. The van der Waals surface area contributed by atoms with Crippen LogP contribution in [0.3, 0.4) is 0 Å². The summed E-state index contributed by atoms with van der Waals surface area (Å²) in [4.78, 5) is 32.1. The van der Waals surface area contributed by atoms with Gasteiger partial charge in [0.25, 0.3) is 5.91 Å². The second-order valence-corrected chi connectivity index (χ2v) is 6.67. The van der Waals surface area contributed by atoms with Gasteiger partial charge in [-0.3, -0.25) is 14.6 Å². The number of halogens is 2. The van der Waals surface area contributed by atoms with Gasteiger partial charge in [0, 0.05) is 29.0 Å². The maximum atomic E-state index is 13.1. The number of esters is 1. The molecule has 0 bridgehead atoms. The van der Waals surface area contributed by atoms with Crippen molar-refractivity contribution in [3.63, 3.8) is 0 Å². The minimum atomic E-state index is -0.588. The normalized spacial score (nSPS) is 10.4. The lowest BCUT2D eigenvalue weighted by molar-refractivity contribution is -0.146. The molecule has 6 nitrogen and oxygen atoms in total. The van der Waals surface area contributed by atoms with Crippen LogP contribution < -0.4 is 5.32 Å². The Bertz CT molecular complexity index is 965. The number of hydrogen-bond donors (Lipinski definition) is 1. The quantitative estimate of drug-likeness (QED) is 0.632. The molecule has 0 saturated carbocycles. The van der Waals surface area contributed by atoms with Gasteiger partial charge in [0.1, 0.15) is 10.8 Å². The second kappa shape index (κ2) is 8.70. The number of benzene rings is 1. The van der Waals surface area contributed by atoms with Crippen molar-refractivity contribution in [3.8, 4) is 10.6 Å². The third kappa shape index (κ3) is 5.32. The average molecular weight is 406 g/mol. The summed E-state index contributed by atoms with van der Waals surface area (Å²) >= 11 is 7.03. The summed E-state index contributed by atoms with van der Waals surface area (Å²) in [5.41, 5.74) is 1.72. The molecule has 27 heavy (non-hydrogen) atoms. The van der Waals surface area contributed by atoms with Gasteiger partial charge in [0.2, 0.25) is 0 Å². The fourth-order valence-electron chi connectivity index (χ4n) is 2.13. The van der Waals surface area contributed by atoms with Crippen LogP contribution in [0.1, 0.15) is 5.69 Å². The van der Waals surface area contributed by atoms with Crippen LogP contribution in [0.15, 0.2) is 48.1 Å². The molecule has 0 aliphatic rings. The lowest BCUT2D eigenvalue weighted by Gasteiger charge is -2.06. The first-order valence-corrected chi connectivity index (χ1v) is 9.02. The fraction of sp³-hybridized carbons (Fsp3) is 0.111. The molecule has 2 aromatic heterocycles. The van der Waals surface area contributed by atoms with Crippen LogP contribution in [0, 0.1) is 5.82 Å². The zero-order chi connectivity index (χ0) is 19.2. The Hall–Kier alpha value is -2.84. The highest BCUT2D eigenvalue weighted by Gasteiger charge is 2.12. The maximum absolute atomic E-state index is 13.1. The van der Waals surface area contributed by atoms with Crippen LogP contribution in [0.5, 0.6) is 0 Å². The van der Waals surface area contributed by atoms with Gasteiger partial charge in [-0.2, -0.15) is 0 Å². The van der Waals surface area contributed by atoms with Crippen LogP contribution >= 0.6 is 22.9 Å². The molecular formula is C18H13ClFN3O3S. The van der Waals surface area contributed by atoms with Gasteiger partial charge < -0.3 is 10.1 Å². The molecule has 0 aliphatic carbocycles. The van der Waals surface area contributed by atoms with E-state index in [9.17, 15) is 14.0 Å². The standard InChI is InChI=1S/C18H13ClFN3O3S/c19-14-6-12(3-4-15(14)20)22-16(24)9-26-17(25)7-13-10-27-18(23-13)11-2-1-5-21-8-11/h1-6,8,10H,7,9H2,(H,22,24). The van der Waals surface area contributed by atoms with Crippen molar-refractivity contribution in [1.82, 2.24) is 9.97 Å². The Labute approximate surface area is 163 Å². The summed E-state index contributed by atoms with van der Waals surface area (Å²) in [6.45, 7) is -0.465. The summed E-state index contributed by atoms with van der Waals surface area (Å²) in [6.07, 6.45) is 3.31. The average Bonchev–Trinajstić information content (AvgIpc) is 3.12. The molecule has 0 fully saturated rings. The summed E-state index contributed by atoms with van der Waals surface area (Å²) in [7, 11) is 0. The van der Waals surface area contributed by atoms with Crippen LogP contribution in [0.2, 0.25) is 5.02 Å². The van der Waals surface area contributed by atoms with E-state index < -0.39 is 24.3 Å². The van der Waals surface area contributed by atoms with Crippen LogP contribution in [0.4, 0.5) is 10.1 Å². The largest absolute Gasteiger partial charge is 0.455 e. The van der Waals surface area contributed by atoms with E-state index in [0.29, 0.717) is 11.4 Å². The molecule has 1 aromatic carbocycles. The van der Waals surface area contributed by atoms with Gasteiger partial charge in [0.05, 0.1) is 17.1 Å². The predicted octanol–water partition coefficient (Wildman–Crippen LogP) is 3.72. The molecule has 9 heteroatoms. The molecule has 3 aromatic rings. The summed E-state index contributed by atoms with van der Waals surface area (Å²) in [6, 6.07) is 7.44. The van der Waals surface area contributed by atoms with Crippen molar-refractivity contribution < 1.29 is 18.7 Å². The Morgan fingerprint density at radius 1 is 1.30 bits per heavy atom. The van der Waals surface area contributed by atoms with E-state index >= 15 is 0 Å². The molecule has 0 saturated heterocycles. The number of rotatable bonds is 6. The molecule has 138 valence electrons. The van der Waals surface area contributed by atoms with Crippen molar-refractivity contribution in [2.45, 2.75) is 6.42 Å². The number of anilines is 1. The van der Waals surface area contributed by atoms with E-state index in [-0.39, 0.29) is 11.4 Å². The number of carbonyl (C=O) groups is 2. The molecule has 3 rings (SSSR count). The lowest BCUT2D eigenvalue weighted by atomic mass is 10.3. The SMILES string of the molecule is O=C(COC(=O)Cc1csc(-c2cccnc2)n1)Nc1ccc(F)c(Cl)c1. The van der Waals surface area contributed by atoms with E-state index in [2.05, 4.69) is 15.3 Å². The third-order valence-corrected chi connectivity index (χ3v) is 4.58. The van der Waals surface area contributed by atoms with Crippen LogP contribution in [-0.4, -0.2) is 28.5 Å². The van der Waals surface area contributed by atoms with E-state index in [1.165, 1.54) is 23.5 Å². The van der Waals surface area contributed by atoms with Gasteiger partial charge in [-0.05, 0) is 30.3 Å². The molecule has 0 radical (unpaired) electrons. The molecule has 2 heterocycles. The number of nitrogens with zero attached hydrogens (tertiary/aromatic N) is 2. The highest BCUT2D eigenvalue weighted by molar-refractivity contribution is 7.13. The molecule has 0 unspecified atom stereocenters. The van der Waals surface area contributed by atoms with E-state index in [4.69, 9.17) is 16.3 Å². The number of pyridine rings is 1. The first-order chi connectivity index (χ1) is 13.0. The number of ether oxygens (including phenoxy) is 1. The number of thiazole rings is 1. The number of aromatic nitrogens is 2. The smallest absolute Gasteiger partial charge is 0.312 e. The van der Waals surface area contributed by atoms with Crippen molar-refractivity contribution in [1.29, 1.82) is 0 Å². The second-order valence-electron chi connectivity index (χ2n) is 5.40. The van der Waals surface area contributed by atoms with Crippen LogP contribution in [-0.2, 0) is 20.7 Å². The molecule has 0 aliphatic heterocycles. The number of hydrogen-bond acceptors (Lipinski definition) is 6. The highest BCUT2D eigenvalue weighted by atomic mass is 35.5. The number of carbonyl (C=O) groups excluding carboxylic acids is 2. The van der Waals surface area contributed by atoms with Crippen molar-refractivity contribution in [3.05, 3.63) is 64.6 Å². The maximum Gasteiger partial charge on any atom is 0.312 e. The first-order valence-electron chi connectivity index (χ1n) is 7.76. The molecular weight excluding hydrogens is 393 g/mol.